The van der Waals surface area contributed by atoms with E-state index in [1.807, 2.05) is 25.1 Å². The van der Waals surface area contributed by atoms with Crippen molar-refractivity contribution in [3.05, 3.63) is 59.2 Å². The monoisotopic (exact) mass is 374 g/mol. The van der Waals surface area contributed by atoms with Gasteiger partial charge >= 0.3 is 0 Å². The van der Waals surface area contributed by atoms with E-state index in [1.54, 1.807) is 24.3 Å². The number of aryl methyl sites for hydroxylation is 3. The van der Waals surface area contributed by atoms with Crippen LogP contribution in [-0.2, 0) is 27.7 Å². The van der Waals surface area contributed by atoms with Crippen LogP contribution in [0, 0.1) is 6.92 Å². The predicted octanol–water partition coefficient (Wildman–Crippen LogP) is 2.26. The van der Waals surface area contributed by atoms with Crippen molar-refractivity contribution in [1.29, 1.82) is 0 Å². The van der Waals surface area contributed by atoms with E-state index >= 15 is 0 Å². The molecule has 1 aliphatic carbocycles. The Morgan fingerprint density at radius 3 is 2.46 bits per heavy atom. The van der Waals surface area contributed by atoms with Crippen LogP contribution >= 0.6 is 0 Å². The van der Waals surface area contributed by atoms with E-state index in [-0.39, 0.29) is 11.5 Å². The number of sulfonamides is 1. The third kappa shape index (κ3) is 4.62. The second kappa shape index (κ2) is 7.88. The summed E-state index contributed by atoms with van der Waals surface area (Å²) in [5.74, 6) is -0.0320. The molecule has 0 radical (unpaired) electrons. The van der Waals surface area contributed by atoms with E-state index in [0.717, 1.165) is 36.8 Å². The molecule has 2 aromatic rings. The Morgan fingerprint density at radius 1 is 1.04 bits per heavy atom. The van der Waals surface area contributed by atoms with Gasteiger partial charge in [0.15, 0.2) is 6.61 Å². The van der Waals surface area contributed by atoms with Crippen LogP contribution < -0.4 is 15.0 Å². The highest BCUT2D eigenvalue weighted by Crippen LogP contribution is 2.23. The molecule has 0 saturated carbocycles. The summed E-state index contributed by atoms with van der Waals surface area (Å²) in [5, 5.41) is 0. The Morgan fingerprint density at radius 2 is 1.73 bits per heavy atom. The number of ether oxygens (including phenoxy) is 1. The lowest BCUT2D eigenvalue weighted by atomic mass is 9.92. The lowest BCUT2D eigenvalue weighted by Crippen LogP contribution is -2.43. The quantitative estimate of drug-likeness (QED) is 0.760. The molecule has 1 aliphatic rings. The normalized spacial score (nSPS) is 13.7. The van der Waals surface area contributed by atoms with Crippen molar-refractivity contribution in [3.63, 3.8) is 0 Å². The fourth-order valence-corrected chi connectivity index (χ4v) is 3.79. The zero-order valence-electron chi connectivity index (χ0n) is 14.6. The first-order valence-corrected chi connectivity index (χ1v) is 10.0. The van der Waals surface area contributed by atoms with Gasteiger partial charge in [0, 0.05) is 0 Å². The van der Waals surface area contributed by atoms with Gasteiger partial charge in [0.2, 0.25) is 0 Å². The zero-order chi connectivity index (χ0) is 18.6. The molecule has 0 aliphatic heterocycles. The highest BCUT2D eigenvalue weighted by molar-refractivity contribution is 7.89. The average molecular weight is 374 g/mol. The van der Waals surface area contributed by atoms with Crippen molar-refractivity contribution in [2.24, 2.45) is 0 Å². The molecule has 0 fully saturated rings. The van der Waals surface area contributed by atoms with Crippen molar-refractivity contribution in [2.75, 3.05) is 6.61 Å². The largest absolute Gasteiger partial charge is 0.484 e. The van der Waals surface area contributed by atoms with Gasteiger partial charge in [-0.05, 0) is 68.0 Å². The van der Waals surface area contributed by atoms with E-state index < -0.39 is 15.9 Å². The van der Waals surface area contributed by atoms with Crippen molar-refractivity contribution >= 4 is 15.9 Å². The summed E-state index contributed by atoms with van der Waals surface area (Å²) < 4.78 is 30.1. The highest BCUT2D eigenvalue weighted by atomic mass is 32.2. The molecule has 1 amide bonds. The van der Waals surface area contributed by atoms with Crippen LogP contribution in [0.25, 0.3) is 0 Å². The van der Waals surface area contributed by atoms with Crippen molar-refractivity contribution in [1.82, 2.24) is 10.3 Å². The van der Waals surface area contributed by atoms with Crippen LogP contribution in [0.3, 0.4) is 0 Å². The smallest absolute Gasteiger partial charge is 0.272 e. The number of fused-ring (bicyclic) bond motifs is 1. The summed E-state index contributed by atoms with van der Waals surface area (Å²) in [4.78, 5) is 14.1. The van der Waals surface area contributed by atoms with Gasteiger partial charge in [-0.1, -0.05) is 23.8 Å². The number of carbonyl (C=O) groups excluding carboxylic acids is 1. The van der Waals surface area contributed by atoms with Crippen molar-refractivity contribution in [3.8, 4) is 5.75 Å². The number of hydrogen-bond donors (Lipinski definition) is 2. The molecule has 0 saturated heterocycles. The van der Waals surface area contributed by atoms with Crippen LogP contribution in [-0.4, -0.2) is 20.9 Å². The second-order valence-electron chi connectivity index (χ2n) is 6.39. The number of rotatable bonds is 6. The van der Waals surface area contributed by atoms with E-state index in [0.29, 0.717) is 5.75 Å². The van der Waals surface area contributed by atoms with E-state index in [2.05, 4.69) is 10.3 Å². The first kappa shape index (κ1) is 18.4. The summed E-state index contributed by atoms with van der Waals surface area (Å²) >= 11 is 0. The molecule has 0 bridgehead atoms. The van der Waals surface area contributed by atoms with Gasteiger partial charge in [-0.15, -0.1) is 4.83 Å². The Balaban J connectivity index is 1.56. The molecule has 2 aromatic carbocycles. The Hall–Kier alpha value is -2.38. The number of nitrogens with one attached hydrogen (secondary N) is 2. The molecule has 0 spiro atoms. The molecule has 3 rings (SSSR count). The Bertz CT molecular complexity index is 892. The topological polar surface area (TPSA) is 84.5 Å². The van der Waals surface area contributed by atoms with E-state index in [9.17, 15) is 13.2 Å². The molecule has 0 heterocycles. The molecule has 7 heteroatoms. The standard InChI is InChI=1S/C19H22N2O4S/c1-14-6-9-17(10-7-14)25-13-19(22)20-21-26(23,24)18-11-8-15-4-2-3-5-16(15)12-18/h6-12,21H,2-5,13H2,1H3,(H,20,22). The summed E-state index contributed by atoms with van der Waals surface area (Å²) in [6, 6.07) is 12.3. The van der Waals surface area contributed by atoms with Gasteiger partial charge in [0.25, 0.3) is 15.9 Å². The number of hydrazine groups is 1. The minimum atomic E-state index is -3.81. The third-order valence-electron chi connectivity index (χ3n) is 4.35. The van der Waals surface area contributed by atoms with Crippen molar-refractivity contribution in [2.45, 2.75) is 37.5 Å². The molecular formula is C19H22N2O4S. The third-order valence-corrected chi connectivity index (χ3v) is 5.59. The number of hydrogen-bond acceptors (Lipinski definition) is 4. The molecular weight excluding hydrogens is 352 g/mol. The van der Waals surface area contributed by atoms with Crippen LogP contribution in [0.2, 0.25) is 0 Å². The fraction of sp³-hybridized carbons (Fsp3) is 0.316. The van der Waals surface area contributed by atoms with Crippen molar-refractivity contribution < 1.29 is 17.9 Å². The van der Waals surface area contributed by atoms with Crippen LogP contribution in [0.4, 0.5) is 0 Å². The number of amides is 1. The zero-order valence-corrected chi connectivity index (χ0v) is 15.4. The fourth-order valence-electron chi connectivity index (χ4n) is 2.88. The maximum atomic E-state index is 12.4. The summed E-state index contributed by atoms with van der Waals surface area (Å²) in [6.07, 6.45) is 4.07. The Labute approximate surface area is 153 Å². The van der Waals surface area contributed by atoms with Gasteiger partial charge in [-0.25, -0.2) is 8.42 Å². The Kier molecular flexibility index (Phi) is 5.58. The van der Waals surface area contributed by atoms with Crippen LogP contribution in [0.1, 0.15) is 29.5 Å². The maximum Gasteiger partial charge on any atom is 0.272 e. The van der Waals surface area contributed by atoms with E-state index in [4.69, 9.17) is 4.74 Å². The number of benzene rings is 2. The maximum absolute atomic E-state index is 12.4. The van der Waals surface area contributed by atoms with Gasteiger partial charge in [-0.3, -0.25) is 10.2 Å². The second-order valence-corrected chi connectivity index (χ2v) is 8.08. The van der Waals surface area contributed by atoms with E-state index in [1.165, 1.54) is 5.56 Å². The molecule has 0 aromatic heterocycles. The van der Waals surface area contributed by atoms with Crippen LogP contribution in [0.15, 0.2) is 47.4 Å². The molecule has 6 nitrogen and oxygen atoms in total. The highest BCUT2D eigenvalue weighted by Gasteiger charge is 2.18. The van der Waals surface area contributed by atoms with Gasteiger partial charge in [-0.2, -0.15) is 0 Å². The van der Waals surface area contributed by atoms with Gasteiger partial charge in [0.05, 0.1) is 4.90 Å². The van der Waals surface area contributed by atoms with Crippen LogP contribution in [0.5, 0.6) is 5.75 Å². The van der Waals surface area contributed by atoms with Gasteiger partial charge < -0.3 is 4.74 Å². The average Bonchev–Trinajstić information content (AvgIpc) is 2.65. The predicted molar refractivity (Wildman–Crippen MR) is 98.2 cm³/mol. The lowest BCUT2D eigenvalue weighted by molar-refractivity contribution is -0.123. The molecule has 0 atom stereocenters. The SMILES string of the molecule is Cc1ccc(OCC(=O)NNS(=O)(=O)c2ccc3c(c2)CCCC3)cc1. The lowest BCUT2D eigenvalue weighted by Gasteiger charge is -2.17. The minimum Gasteiger partial charge on any atom is -0.484 e. The first-order chi connectivity index (χ1) is 12.4. The molecule has 138 valence electrons. The minimum absolute atomic E-state index is 0.151. The summed E-state index contributed by atoms with van der Waals surface area (Å²) in [6.45, 7) is 1.67. The van der Waals surface area contributed by atoms with Gasteiger partial charge in [0.1, 0.15) is 5.75 Å². The molecule has 2 N–H and O–H groups in total. The molecule has 26 heavy (non-hydrogen) atoms. The molecule has 0 unspecified atom stereocenters. The summed E-state index contributed by atoms with van der Waals surface area (Å²) in [7, 11) is -3.81. The summed E-state index contributed by atoms with van der Waals surface area (Å²) in [5.41, 5.74) is 5.53. The first-order valence-electron chi connectivity index (χ1n) is 8.56. The number of carbonyl (C=O) groups is 1.